The Bertz CT molecular complexity index is 400. The fourth-order valence-electron chi connectivity index (χ4n) is 2.23. The molecule has 1 aliphatic rings. The van der Waals surface area contributed by atoms with Gasteiger partial charge in [0, 0.05) is 40.0 Å². The van der Waals surface area contributed by atoms with E-state index in [0.717, 1.165) is 23.7 Å². The molecule has 0 amide bonds. The molecule has 3 nitrogen and oxygen atoms in total. The van der Waals surface area contributed by atoms with Crippen molar-refractivity contribution in [2.45, 2.75) is 39.3 Å². The Balaban J connectivity index is 2.24. The van der Waals surface area contributed by atoms with E-state index in [2.05, 4.69) is 18.3 Å². The molecule has 0 aliphatic carbocycles. The highest BCUT2D eigenvalue weighted by molar-refractivity contribution is 7.85. The van der Waals surface area contributed by atoms with Crippen LogP contribution in [-0.4, -0.2) is 21.8 Å². The quantitative estimate of drug-likeness (QED) is 0.818. The molecule has 3 atom stereocenters. The first-order chi connectivity index (χ1) is 7.56. The molecule has 2 heterocycles. The molecule has 1 aromatic heterocycles. The lowest BCUT2D eigenvalue weighted by Crippen LogP contribution is -2.30. The van der Waals surface area contributed by atoms with E-state index in [1.165, 1.54) is 5.56 Å². The Labute approximate surface area is 99.1 Å². The van der Waals surface area contributed by atoms with Gasteiger partial charge in [-0.3, -0.25) is 4.21 Å². The Hall–Kier alpha value is -0.610. The van der Waals surface area contributed by atoms with Crippen molar-refractivity contribution in [3.8, 4) is 0 Å². The van der Waals surface area contributed by atoms with Gasteiger partial charge in [-0.15, -0.1) is 0 Å². The predicted octanol–water partition coefficient (Wildman–Crippen LogP) is 2.07. The Morgan fingerprint density at radius 1 is 1.50 bits per heavy atom. The Morgan fingerprint density at radius 2 is 2.25 bits per heavy atom. The van der Waals surface area contributed by atoms with Gasteiger partial charge in [0.1, 0.15) is 11.5 Å². The number of nitrogens with one attached hydrogen (secondary N) is 1. The molecule has 1 aliphatic heterocycles. The Morgan fingerprint density at radius 3 is 2.88 bits per heavy atom. The second kappa shape index (κ2) is 4.72. The zero-order chi connectivity index (χ0) is 11.7. The second-order valence-corrected chi connectivity index (χ2v) is 6.21. The van der Waals surface area contributed by atoms with Crippen LogP contribution >= 0.6 is 0 Å². The largest absolute Gasteiger partial charge is 0.466 e. The van der Waals surface area contributed by atoms with Crippen molar-refractivity contribution in [2.24, 2.45) is 0 Å². The third-order valence-corrected chi connectivity index (χ3v) is 4.47. The Kier molecular flexibility index (Phi) is 3.50. The summed E-state index contributed by atoms with van der Waals surface area (Å²) in [6.07, 6.45) is 0.985. The fourth-order valence-corrected chi connectivity index (χ4v) is 3.66. The maximum atomic E-state index is 11.8. The van der Waals surface area contributed by atoms with Crippen molar-refractivity contribution in [3.05, 3.63) is 23.2 Å². The lowest BCUT2D eigenvalue weighted by atomic mass is 10.1. The molecule has 3 unspecified atom stereocenters. The van der Waals surface area contributed by atoms with Gasteiger partial charge in [-0.25, -0.2) is 0 Å². The second-order valence-electron chi connectivity index (χ2n) is 4.59. The summed E-state index contributed by atoms with van der Waals surface area (Å²) >= 11 is 0. The van der Waals surface area contributed by atoms with E-state index in [4.69, 9.17) is 4.42 Å². The highest BCUT2D eigenvalue weighted by Gasteiger charge is 2.24. The third kappa shape index (κ3) is 2.55. The molecule has 0 aromatic carbocycles. The average molecular weight is 241 g/mol. The minimum absolute atomic E-state index is 0.177. The van der Waals surface area contributed by atoms with Gasteiger partial charge in [0.25, 0.3) is 0 Å². The summed E-state index contributed by atoms with van der Waals surface area (Å²) in [6.45, 7) is 6.08. The molecule has 1 saturated heterocycles. The zero-order valence-electron chi connectivity index (χ0n) is 10.1. The van der Waals surface area contributed by atoms with E-state index >= 15 is 0 Å². The highest BCUT2D eigenvalue weighted by Crippen LogP contribution is 2.24. The number of aryl methyl sites for hydroxylation is 2. The lowest BCUT2D eigenvalue weighted by Gasteiger charge is -2.18. The first kappa shape index (κ1) is 11.9. The molecular weight excluding hydrogens is 222 g/mol. The molecule has 16 heavy (non-hydrogen) atoms. The summed E-state index contributed by atoms with van der Waals surface area (Å²) in [5.74, 6) is 3.38. The van der Waals surface area contributed by atoms with Gasteiger partial charge in [-0.2, -0.15) is 0 Å². The van der Waals surface area contributed by atoms with E-state index in [0.29, 0.717) is 11.8 Å². The van der Waals surface area contributed by atoms with Crippen molar-refractivity contribution < 1.29 is 8.63 Å². The van der Waals surface area contributed by atoms with E-state index in [9.17, 15) is 4.21 Å². The van der Waals surface area contributed by atoms with Crippen LogP contribution in [0.1, 0.15) is 36.5 Å². The van der Waals surface area contributed by atoms with Gasteiger partial charge in [-0.1, -0.05) is 0 Å². The summed E-state index contributed by atoms with van der Waals surface area (Å²) in [5, 5.41) is 3.53. The number of rotatable bonds is 1. The van der Waals surface area contributed by atoms with E-state index in [1.807, 2.05) is 13.8 Å². The molecule has 90 valence electrons. The summed E-state index contributed by atoms with van der Waals surface area (Å²) in [7, 11) is -0.712. The molecule has 1 aromatic rings. The van der Waals surface area contributed by atoms with Gasteiger partial charge >= 0.3 is 0 Å². The number of hydrogen-bond acceptors (Lipinski definition) is 3. The van der Waals surface area contributed by atoms with E-state index in [-0.39, 0.29) is 6.04 Å². The molecule has 0 radical (unpaired) electrons. The first-order valence-electron chi connectivity index (χ1n) is 5.74. The van der Waals surface area contributed by atoms with Crippen molar-refractivity contribution in [2.75, 3.05) is 11.5 Å². The maximum absolute atomic E-state index is 11.8. The molecule has 0 saturated carbocycles. The third-order valence-electron chi connectivity index (χ3n) is 3.07. The SMILES string of the molecule is Cc1cc(C2CS(=O)CCC(C)N2)c(C)o1. The van der Waals surface area contributed by atoms with E-state index in [1.54, 1.807) is 0 Å². The molecule has 1 N–H and O–H groups in total. The standard InChI is InChI=1S/C12H19NO2S/c1-8-4-5-16(14)7-12(13-8)11-6-9(2)15-10(11)3/h6,8,12-13H,4-5,7H2,1-3H3. The average Bonchev–Trinajstić information content (AvgIpc) is 2.43. The molecule has 0 spiro atoms. The topological polar surface area (TPSA) is 42.2 Å². The molecule has 0 bridgehead atoms. The predicted molar refractivity (Wildman–Crippen MR) is 66.0 cm³/mol. The summed E-state index contributed by atoms with van der Waals surface area (Å²) in [6, 6.07) is 2.66. The fraction of sp³-hybridized carbons (Fsp3) is 0.667. The van der Waals surface area contributed by atoms with Crippen LogP contribution in [0.15, 0.2) is 10.5 Å². The highest BCUT2D eigenvalue weighted by atomic mass is 32.2. The summed E-state index contributed by atoms with van der Waals surface area (Å²) in [5.41, 5.74) is 1.17. The van der Waals surface area contributed by atoms with Gasteiger partial charge in [0.05, 0.1) is 0 Å². The van der Waals surface area contributed by atoms with Crippen LogP contribution in [0.4, 0.5) is 0 Å². The zero-order valence-corrected chi connectivity index (χ0v) is 10.9. The van der Waals surface area contributed by atoms with Crippen molar-refractivity contribution in [3.63, 3.8) is 0 Å². The van der Waals surface area contributed by atoms with Gasteiger partial charge in [0.15, 0.2) is 0 Å². The lowest BCUT2D eigenvalue weighted by molar-refractivity contribution is 0.465. The smallest absolute Gasteiger partial charge is 0.105 e. The molecule has 1 fully saturated rings. The van der Waals surface area contributed by atoms with Crippen LogP contribution in [0.3, 0.4) is 0 Å². The normalized spacial score (nSPS) is 31.3. The minimum Gasteiger partial charge on any atom is -0.466 e. The van der Waals surface area contributed by atoms with E-state index < -0.39 is 10.8 Å². The monoisotopic (exact) mass is 241 g/mol. The van der Waals surface area contributed by atoms with Crippen LogP contribution in [0.2, 0.25) is 0 Å². The van der Waals surface area contributed by atoms with Crippen LogP contribution in [0.25, 0.3) is 0 Å². The number of furan rings is 1. The van der Waals surface area contributed by atoms with Crippen molar-refractivity contribution in [1.82, 2.24) is 5.32 Å². The van der Waals surface area contributed by atoms with Gasteiger partial charge < -0.3 is 9.73 Å². The van der Waals surface area contributed by atoms with Crippen LogP contribution in [0, 0.1) is 13.8 Å². The van der Waals surface area contributed by atoms with Crippen molar-refractivity contribution >= 4 is 10.8 Å². The minimum atomic E-state index is -0.712. The molecule has 4 heteroatoms. The van der Waals surface area contributed by atoms with Crippen molar-refractivity contribution in [1.29, 1.82) is 0 Å². The molecule has 2 rings (SSSR count). The molecular formula is C12H19NO2S. The van der Waals surface area contributed by atoms with Crippen LogP contribution in [0.5, 0.6) is 0 Å². The number of hydrogen-bond donors (Lipinski definition) is 1. The van der Waals surface area contributed by atoms with Crippen LogP contribution in [-0.2, 0) is 10.8 Å². The first-order valence-corrected chi connectivity index (χ1v) is 7.23. The van der Waals surface area contributed by atoms with Gasteiger partial charge in [-0.05, 0) is 33.3 Å². The van der Waals surface area contributed by atoms with Gasteiger partial charge in [0.2, 0.25) is 0 Å². The maximum Gasteiger partial charge on any atom is 0.105 e. The van der Waals surface area contributed by atoms with Crippen LogP contribution < -0.4 is 5.32 Å². The summed E-state index contributed by atoms with van der Waals surface area (Å²) in [4.78, 5) is 0. The summed E-state index contributed by atoms with van der Waals surface area (Å²) < 4.78 is 17.3.